The van der Waals surface area contributed by atoms with Crippen molar-refractivity contribution >= 4 is 29.9 Å². The smallest absolute Gasteiger partial charge is 0.193 e. The summed E-state index contributed by atoms with van der Waals surface area (Å²) in [6.07, 6.45) is 2.06. The summed E-state index contributed by atoms with van der Waals surface area (Å²) >= 11 is 0. The first-order valence-electron chi connectivity index (χ1n) is 9.74. The second kappa shape index (κ2) is 10.8. The van der Waals surface area contributed by atoms with E-state index in [-0.39, 0.29) is 29.4 Å². The van der Waals surface area contributed by atoms with E-state index in [0.717, 1.165) is 45.1 Å². The van der Waals surface area contributed by atoms with Gasteiger partial charge in [0.1, 0.15) is 0 Å². The molecule has 0 saturated carbocycles. The zero-order valence-corrected chi connectivity index (χ0v) is 19.5. The fourth-order valence-corrected chi connectivity index (χ4v) is 3.80. The molecule has 0 amide bonds. The molecule has 28 heavy (non-hydrogen) atoms. The standard InChI is InChI=1S/C23H31N3O.HI/c1-19-9-11-20(12-10-19)17-26(3)22(24-2)25-18-23(13-15-27-16-14-23)21-7-5-4-6-8-21;/h4-12H,13-18H2,1-3H3,(H,24,25);1H. The minimum absolute atomic E-state index is 0. The summed E-state index contributed by atoms with van der Waals surface area (Å²) in [5.74, 6) is 0.928. The third kappa shape index (κ3) is 5.70. The van der Waals surface area contributed by atoms with Crippen LogP contribution in [-0.2, 0) is 16.7 Å². The van der Waals surface area contributed by atoms with E-state index in [9.17, 15) is 0 Å². The van der Waals surface area contributed by atoms with Gasteiger partial charge in [0.2, 0.25) is 0 Å². The number of hydrogen-bond acceptors (Lipinski definition) is 2. The maximum absolute atomic E-state index is 5.65. The number of rotatable bonds is 5. The molecule has 0 aliphatic carbocycles. The predicted molar refractivity (Wildman–Crippen MR) is 128 cm³/mol. The molecule has 0 unspecified atom stereocenters. The first-order valence-corrected chi connectivity index (χ1v) is 9.74. The Morgan fingerprint density at radius 2 is 1.71 bits per heavy atom. The molecule has 3 rings (SSSR count). The van der Waals surface area contributed by atoms with Gasteiger partial charge in [0.25, 0.3) is 0 Å². The second-order valence-corrected chi connectivity index (χ2v) is 7.50. The van der Waals surface area contributed by atoms with Crippen LogP contribution in [0.2, 0.25) is 0 Å². The highest BCUT2D eigenvalue weighted by atomic mass is 127. The zero-order chi connectivity index (χ0) is 19.1. The maximum Gasteiger partial charge on any atom is 0.193 e. The van der Waals surface area contributed by atoms with Gasteiger partial charge in [-0.3, -0.25) is 4.99 Å². The van der Waals surface area contributed by atoms with Crippen LogP contribution in [0.5, 0.6) is 0 Å². The molecule has 1 aliphatic rings. The van der Waals surface area contributed by atoms with Crippen molar-refractivity contribution in [1.82, 2.24) is 10.2 Å². The van der Waals surface area contributed by atoms with Crippen LogP contribution in [0.25, 0.3) is 0 Å². The van der Waals surface area contributed by atoms with Crippen molar-refractivity contribution in [3.63, 3.8) is 0 Å². The number of nitrogens with one attached hydrogen (secondary N) is 1. The summed E-state index contributed by atoms with van der Waals surface area (Å²) in [4.78, 5) is 6.69. The highest BCUT2D eigenvalue weighted by Gasteiger charge is 2.34. The average Bonchev–Trinajstić information content (AvgIpc) is 2.71. The summed E-state index contributed by atoms with van der Waals surface area (Å²) in [6, 6.07) is 19.5. The molecule has 1 aliphatic heterocycles. The van der Waals surface area contributed by atoms with Gasteiger partial charge in [0.05, 0.1) is 0 Å². The highest BCUT2D eigenvalue weighted by Crippen LogP contribution is 2.34. The lowest BCUT2D eigenvalue weighted by molar-refractivity contribution is 0.0512. The van der Waals surface area contributed by atoms with Gasteiger partial charge in [-0.15, -0.1) is 24.0 Å². The SMILES string of the molecule is CN=C(NCC1(c2ccccc2)CCOCC1)N(C)Cc1ccc(C)cc1.I. The topological polar surface area (TPSA) is 36.9 Å². The Balaban J connectivity index is 0.00000280. The molecule has 2 aromatic carbocycles. The van der Waals surface area contributed by atoms with E-state index in [4.69, 9.17) is 4.74 Å². The minimum atomic E-state index is 0. The van der Waals surface area contributed by atoms with Gasteiger partial charge in [0, 0.05) is 45.8 Å². The van der Waals surface area contributed by atoms with Crippen LogP contribution in [0.4, 0.5) is 0 Å². The Morgan fingerprint density at radius 3 is 2.32 bits per heavy atom. The first-order chi connectivity index (χ1) is 13.1. The van der Waals surface area contributed by atoms with Gasteiger partial charge in [-0.2, -0.15) is 0 Å². The number of nitrogens with zero attached hydrogens (tertiary/aromatic N) is 2. The van der Waals surface area contributed by atoms with Crippen LogP contribution >= 0.6 is 24.0 Å². The Hall–Kier alpha value is -1.60. The van der Waals surface area contributed by atoms with Crippen LogP contribution in [0.1, 0.15) is 29.5 Å². The summed E-state index contributed by atoms with van der Waals surface area (Å²) in [6.45, 7) is 5.44. The molecule has 1 fully saturated rings. The van der Waals surface area contributed by atoms with Crippen LogP contribution in [0.3, 0.4) is 0 Å². The lowest BCUT2D eigenvalue weighted by Gasteiger charge is -2.39. The summed E-state index contributed by atoms with van der Waals surface area (Å²) in [5, 5.41) is 3.63. The van der Waals surface area contributed by atoms with Crippen LogP contribution < -0.4 is 5.32 Å². The number of hydrogen-bond donors (Lipinski definition) is 1. The predicted octanol–water partition coefficient (Wildman–Crippen LogP) is 4.37. The number of ether oxygens (including phenoxy) is 1. The van der Waals surface area contributed by atoms with E-state index in [1.54, 1.807) is 0 Å². The van der Waals surface area contributed by atoms with Gasteiger partial charge in [-0.05, 0) is 30.9 Å². The molecule has 4 nitrogen and oxygen atoms in total. The molecule has 1 saturated heterocycles. The fourth-order valence-electron chi connectivity index (χ4n) is 3.80. The average molecular weight is 493 g/mol. The summed E-state index contributed by atoms with van der Waals surface area (Å²) < 4.78 is 5.65. The van der Waals surface area contributed by atoms with E-state index in [1.807, 2.05) is 7.05 Å². The third-order valence-electron chi connectivity index (χ3n) is 5.53. The molecular weight excluding hydrogens is 461 g/mol. The van der Waals surface area contributed by atoms with E-state index < -0.39 is 0 Å². The Bertz CT molecular complexity index is 740. The Labute approximate surface area is 186 Å². The zero-order valence-electron chi connectivity index (χ0n) is 17.1. The van der Waals surface area contributed by atoms with Crippen molar-refractivity contribution < 1.29 is 4.74 Å². The van der Waals surface area contributed by atoms with Gasteiger partial charge in [-0.1, -0.05) is 60.2 Å². The molecule has 0 aromatic heterocycles. The molecule has 5 heteroatoms. The number of benzene rings is 2. The molecule has 1 N–H and O–H groups in total. The minimum Gasteiger partial charge on any atom is -0.381 e. The second-order valence-electron chi connectivity index (χ2n) is 7.50. The van der Waals surface area contributed by atoms with Crippen LogP contribution in [-0.4, -0.2) is 44.7 Å². The molecule has 2 aromatic rings. The summed E-state index contributed by atoms with van der Waals surface area (Å²) in [5.41, 5.74) is 4.06. The van der Waals surface area contributed by atoms with E-state index >= 15 is 0 Å². The normalized spacial score (nSPS) is 16.2. The molecule has 1 heterocycles. The lowest BCUT2D eigenvalue weighted by Crippen LogP contribution is -2.48. The van der Waals surface area contributed by atoms with Gasteiger partial charge in [-0.25, -0.2) is 0 Å². The lowest BCUT2D eigenvalue weighted by atomic mass is 9.74. The number of aryl methyl sites for hydroxylation is 1. The number of aliphatic imine (C=N–C) groups is 1. The van der Waals surface area contributed by atoms with Crippen LogP contribution in [0.15, 0.2) is 59.6 Å². The van der Waals surface area contributed by atoms with Gasteiger partial charge < -0.3 is 15.0 Å². The van der Waals surface area contributed by atoms with Crippen molar-refractivity contribution in [3.05, 3.63) is 71.3 Å². The van der Waals surface area contributed by atoms with Crippen molar-refractivity contribution in [2.45, 2.75) is 31.7 Å². The molecule has 152 valence electrons. The largest absolute Gasteiger partial charge is 0.381 e. The molecule has 0 radical (unpaired) electrons. The van der Waals surface area contributed by atoms with Crippen molar-refractivity contribution in [2.24, 2.45) is 4.99 Å². The Morgan fingerprint density at radius 1 is 1.07 bits per heavy atom. The van der Waals surface area contributed by atoms with Crippen molar-refractivity contribution in [1.29, 1.82) is 0 Å². The molecule has 0 atom stereocenters. The summed E-state index contributed by atoms with van der Waals surface area (Å²) in [7, 11) is 3.95. The third-order valence-corrected chi connectivity index (χ3v) is 5.53. The van der Waals surface area contributed by atoms with Crippen molar-refractivity contribution in [2.75, 3.05) is 33.9 Å². The molecule has 0 spiro atoms. The number of halogens is 1. The fraction of sp³-hybridized carbons (Fsp3) is 0.435. The molecular formula is C23H32IN3O. The Kier molecular flexibility index (Phi) is 8.76. The highest BCUT2D eigenvalue weighted by molar-refractivity contribution is 14.0. The number of guanidine groups is 1. The molecule has 0 bridgehead atoms. The monoisotopic (exact) mass is 493 g/mol. The van der Waals surface area contributed by atoms with E-state index in [2.05, 4.69) is 83.8 Å². The van der Waals surface area contributed by atoms with E-state index in [0.29, 0.717) is 0 Å². The maximum atomic E-state index is 5.65. The van der Waals surface area contributed by atoms with Crippen molar-refractivity contribution in [3.8, 4) is 0 Å². The van der Waals surface area contributed by atoms with Crippen LogP contribution in [0, 0.1) is 6.92 Å². The van der Waals surface area contributed by atoms with E-state index in [1.165, 1.54) is 16.7 Å². The van der Waals surface area contributed by atoms with Gasteiger partial charge >= 0.3 is 0 Å². The quantitative estimate of drug-likeness (QED) is 0.382. The first kappa shape index (κ1) is 22.7. The van der Waals surface area contributed by atoms with Gasteiger partial charge in [0.15, 0.2) is 5.96 Å².